The van der Waals surface area contributed by atoms with E-state index in [1.165, 1.54) is 6.07 Å². The summed E-state index contributed by atoms with van der Waals surface area (Å²) in [6.07, 6.45) is 2.87. The van der Waals surface area contributed by atoms with E-state index in [-0.39, 0.29) is 18.3 Å². The van der Waals surface area contributed by atoms with Crippen LogP contribution in [0.25, 0.3) is 0 Å². The topological polar surface area (TPSA) is 79.5 Å². The van der Waals surface area contributed by atoms with Crippen molar-refractivity contribution >= 4 is 11.5 Å². The molecule has 18 heavy (non-hydrogen) atoms. The number of rotatable bonds is 3. The highest BCUT2D eigenvalue weighted by molar-refractivity contribution is 5.59. The number of pyridine rings is 1. The van der Waals surface area contributed by atoms with Gasteiger partial charge in [0.1, 0.15) is 0 Å². The molecule has 98 valence electrons. The molecule has 0 radical (unpaired) electrons. The van der Waals surface area contributed by atoms with Gasteiger partial charge in [-0.2, -0.15) is 0 Å². The minimum Gasteiger partial charge on any atom is -0.394 e. The smallest absolute Gasteiger partial charge is 0.311 e. The van der Waals surface area contributed by atoms with Crippen molar-refractivity contribution < 1.29 is 10.0 Å². The largest absolute Gasteiger partial charge is 0.394 e. The summed E-state index contributed by atoms with van der Waals surface area (Å²) in [4.78, 5) is 16.8. The number of aryl methyl sites for hydroxylation is 1. The number of aromatic nitrogens is 1. The molecule has 0 amide bonds. The van der Waals surface area contributed by atoms with Gasteiger partial charge in [0.05, 0.1) is 17.6 Å². The lowest BCUT2D eigenvalue weighted by atomic mass is 10.0. The zero-order valence-electron chi connectivity index (χ0n) is 10.4. The van der Waals surface area contributed by atoms with Gasteiger partial charge in [0.15, 0.2) is 0 Å². The molecule has 6 nitrogen and oxygen atoms in total. The molecule has 0 saturated carbocycles. The number of anilines is 1. The van der Waals surface area contributed by atoms with E-state index in [1.54, 1.807) is 6.07 Å². The zero-order chi connectivity index (χ0) is 13.1. The van der Waals surface area contributed by atoms with Crippen LogP contribution in [-0.2, 0) is 0 Å². The van der Waals surface area contributed by atoms with Crippen molar-refractivity contribution in [3.05, 3.63) is 27.9 Å². The molecule has 2 heterocycles. The highest BCUT2D eigenvalue weighted by Crippen LogP contribution is 2.31. The van der Waals surface area contributed by atoms with Gasteiger partial charge < -0.3 is 10.0 Å². The van der Waals surface area contributed by atoms with Crippen LogP contribution in [0.3, 0.4) is 0 Å². The summed E-state index contributed by atoms with van der Waals surface area (Å²) < 4.78 is 0. The Morgan fingerprint density at radius 2 is 2.33 bits per heavy atom. The Bertz CT molecular complexity index is 450. The van der Waals surface area contributed by atoms with E-state index in [0.29, 0.717) is 12.4 Å². The summed E-state index contributed by atoms with van der Waals surface area (Å²) >= 11 is 0. The first kappa shape index (κ1) is 12.8. The lowest BCUT2D eigenvalue weighted by molar-refractivity contribution is -0.384. The predicted molar refractivity (Wildman–Crippen MR) is 67.7 cm³/mol. The van der Waals surface area contributed by atoms with Crippen LogP contribution < -0.4 is 4.90 Å². The van der Waals surface area contributed by atoms with Crippen LogP contribution in [0.15, 0.2) is 12.1 Å². The summed E-state index contributed by atoms with van der Waals surface area (Å²) in [5, 5.41) is 20.4. The van der Waals surface area contributed by atoms with Gasteiger partial charge >= 0.3 is 5.69 Å². The normalized spacial score (nSPS) is 19.9. The molecule has 6 heteroatoms. The predicted octanol–water partition coefficient (Wildman–Crippen LogP) is 1.65. The monoisotopic (exact) mass is 251 g/mol. The molecule has 1 saturated heterocycles. The van der Waals surface area contributed by atoms with Crippen LogP contribution in [0.5, 0.6) is 0 Å². The van der Waals surface area contributed by atoms with Crippen LogP contribution in [0.2, 0.25) is 0 Å². The van der Waals surface area contributed by atoms with Crippen LogP contribution in [0, 0.1) is 17.0 Å². The van der Waals surface area contributed by atoms with Crippen LogP contribution in [0.1, 0.15) is 25.0 Å². The number of hydrogen-bond acceptors (Lipinski definition) is 5. The molecule has 1 N–H and O–H groups in total. The number of aliphatic hydroxyl groups is 1. The number of aliphatic hydroxyl groups excluding tert-OH is 1. The van der Waals surface area contributed by atoms with Crippen molar-refractivity contribution in [3.63, 3.8) is 0 Å². The van der Waals surface area contributed by atoms with E-state index in [4.69, 9.17) is 0 Å². The summed E-state index contributed by atoms with van der Waals surface area (Å²) in [5.74, 6) is 0.388. The Hall–Kier alpha value is -1.69. The Morgan fingerprint density at radius 3 is 3.00 bits per heavy atom. The third-order valence-corrected chi connectivity index (χ3v) is 3.30. The Balaban J connectivity index is 2.41. The van der Waals surface area contributed by atoms with E-state index < -0.39 is 4.92 Å². The van der Waals surface area contributed by atoms with Crippen LogP contribution in [-0.4, -0.2) is 34.2 Å². The summed E-state index contributed by atoms with van der Waals surface area (Å²) in [6, 6.07) is 3.06. The Labute approximate surface area is 105 Å². The first-order valence-electron chi connectivity index (χ1n) is 6.13. The maximum Gasteiger partial charge on any atom is 0.311 e. The van der Waals surface area contributed by atoms with Gasteiger partial charge in [-0.05, 0) is 32.3 Å². The molecule has 0 aromatic carbocycles. The average molecular weight is 251 g/mol. The van der Waals surface area contributed by atoms with Crippen LogP contribution >= 0.6 is 0 Å². The van der Waals surface area contributed by atoms with E-state index in [1.807, 2.05) is 11.8 Å². The second-order valence-electron chi connectivity index (χ2n) is 4.58. The van der Waals surface area contributed by atoms with Crippen molar-refractivity contribution in [1.29, 1.82) is 0 Å². The van der Waals surface area contributed by atoms with Crippen molar-refractivity contribution in [3.8, 4) is 0 Å². The summed E-state index contributed by atoms with van der Waals surface area (Å²) in [5.41, 5.74) is 0.763. The standard InChI is InChI=1S/C12H17N3O3/c1-9-5-6-11(15(17)18)12(13-9)14-7-3-2-4-10(14)8-16/h5-6,10,16H,2-4,7-8H2,1H3. The Morgan fingerprint density at radius 1 is 1.56 bits per heavy atom. The van der Waals surface area contributed by atoms with Gasteiger partial charge in [0.2, 0.25) is 5.82 Å². The molecule has 0 bridgehead atoms. The molecule has 1 fully saturated rings. The lowest BCUT2D eigenvalue weighted by Gasteiger charge is -2.35. The minimum atomic E-state index is -0.412. The second kappa shape index (κ2) is 5.30. The lowest BCUT2D eigenvalue weighted by Crippen LogP contribution is -2.42. The zero-order valence-corrected chi connectivity index (χ0v) is 10.4. The molecule has 2 rings (SSSR count). The molecule has 1 atom stereocenters. The van der Waals surface area contributed by atoms with Gasteiger partial charge in [0, 0.05) is 18.3 Å². The first-order chi connectivity index (χ1) is 8.63. The first-order valence-corrected chi connectivity index (χ1v) is 6.13. The molecule has 1 aliphatic rings. The van der Waals surface area contributed by atoms with Crippen molar-refractivity contribution in [1.82, 2.24) is 4.98 Å². The SMILES string of the molecule is Cc1ccc([N+](=O)[O-])c(N2CCCCC2CO)n1. The molecule has 0 spiro atoms. The fourth-order valence-electron chi connectivity index (χ4n) is 2.36. The van der Waals surface area contributed by atoms with Gasteiger partial charge in [-0.3, -0.25) is 10.1 Å². The number of nitrogens with zero attached hydrogens (tertiary/aromatic N) is 3. The number of nitro groups is 1. The average Bonchev–Trinajstić information content (AvgIpc) is 2.38. The Kier molecular flexibility index (Phi) is 3.76. The quantitative estimate of drug-likeness (QED) is 0.652. The van der Waals surface area contributed by atoms with Crippen LogP contribution in [0.4, 0.5) is 11.5 Å². The molecule has 0 aliphatic carbocycles. The molecule has 1 aromatic rings. The van der Waals surface area contributed by atoms with Gasteiger partial charge in [-0.1, -0.05) is 0 Å². The van der Waals surface area contributed by atoms with E-state index in [0.717, 1.165) is 25.0 Å². The number of piperidine rings is 1. The maximum atomic E-state index is 11.0. The van der Waals surface area contributed by atoms with Gasteiger partial charge in [0.25, 0.3) is 0 Å². The summed E-state index contributed by atoms with van der Waals surface area (Å²) in [7, 11) is 0. The second-order valence-corrected chi connectivity index (χ2v) is 4.58. The highest BCUT2D eigenvalue weighted by Gasteiger charge is 2.28. The molecule has 1 unspecified atom stereocenters. The number of hydrogen-bond donors (Lipinski definition) is 1. The fourth-order valence-corrected chi connectivity index (χ4v) is 2.36. The fraction of sp³-hybridized carbons (Fsp3) is 0.583. The molecule has 1 aliphatic heterocycles. The van der Waals surface area contributed by atoms with Crippen molar-refractivity contribution in [2.45, 2.75) is 32.2 Å². The van der Waals surface area contributed by atoms with Gasteiger partial charge in [-0.15, -0.1) is 0 Å². The molecular formula is C12H17N3O3. The van der Waals surface area contributed by atoms with E-state index in [2.05, 4.69) is 4.98 Å². The molecular weight excluding hydrogens is 234 g/mol. The minimum absolute atomic E-state index is 0.00672. The maximum absolute atomic E-state index is 11.0. The molecule has 1 aromatic heterocycles. The highest BCUT2D eigenvalue weighted by atomic mass is 16.6. The van der Waals surface area contributed by atoms with E-state index >= 15 is 0 Å². The van der Waals surface area contributed by atoms with E-state index in [9.17, 15) is 15.2 Å². The van der Waals surface area contributed by atoms with Crippen molar-refractivity contribution in [2.75, 3.05) is 18.1 Å². The summed E-state index contributed by atoms with van der Waals surface area (Å²) in [6.45, 7) is 2.53. The van der Waals surface area contributed by atoms with Gasteiger partial charge in [-0.25, -0.2) is 4.98 Å². The third kappa shape index (κ3) is 2.43. The van der Waals surface area contributed by atoms with Crippen molar-refractivity contribution in [2.24, 2.45) is 0 Å². The third-order valence-electron chi connectivity index (χ3n) is 3.30.